The van der Waals surface area contributed by atoms with Crippen LogP contribution in [-0.2, 0) is 6.54 Å². The lowest BCUT2D eigenvalue weighted by Gasteiger charge is -2.29. The number of benzene rings is 1. The van der Waals surface area contributed by atoms with Crippen LogP contribution in [0.3, 0.4) is 0 Å². The summed E-state index contributed by atoms with van der Waals surface area (Å²) in [6, 6.07) is 9.13. The number of nitrogens with zero attached hydrogens (tertiary/aromatic N) is 1. The molecule has 0 amide bonds. The Labute approximate surface area is 130 Å². The summed E-state index contributed by atoms with van der Waals surface area (Å²) in [6.45, 7) is 13.8. The fourth-order valence-electron chi connectivity index (χ4n) is 2.72. The van der Waals surface area contributed by atoms with E-state index >= 15 is 0 Å². The normalized spacial score (nSPS) is 17.8. The average molecular weight is 288 g/mol. The third kappa shape index (κ3) is 5.03. The van der Waals surface area contributed by atoms with E-state index in [1.165, 1.54) is 43.6 Å². The Morgan fingerprint density at radius 2 is 1.67 bits per heavy atom. The van der Waals surface area contributed by atoms with Gasteiger partial charge in [-0.1, -0.05) is 39.8 Å². The molecule has 0 aliphatic carbocycles. The first kappa shape index (κ1) is 16.4. The van der Waals surface area contributed by atoms with Crippen molar-refractivity contribution in [2.75, 3.05) is 24.5 Å². The highest BCUT2D eigenvalue weighted by atomic mass is 15.1. The number of hydrogen-bond acceptors (Lipinski definition) is 2. The van der Waals surface area contributed by atoms with Gasteiger partial charge in [-0.2, -0.15) is 0 Å². The van der Waals surface area contributed by atoms with Gasteiger partial charge in [-0.3, -0.25) is 0 Å². The minimum Gasteiger partial charge on any atom is -0.372 e. The highest BCUT2D eigenvalue weighted by molar-refractivity contribution is 5.47. The summed E-state index contributed by atoms with van der Waals surface area (Å²) in [4.78, 5) is 2.52. The Bertz CT molecular complexity index is 410. The smallest absolute Gasteiger partial charge is 0.0366 e. The minimum atomic E-state index is 0.380. The van der Waals surface area contributed by atoms with E-state index in [1.807, 2.05) is 0 Å². The first-order valence-corrected chi connectivity index (χ1v) is 8.51. The van der Waals surface area contributed by atoms with Crippen molar-refractivity contribution in [2.24, 2.45) is 11.3 Å². The van der Waals surface area contributed by atoms with E-state index in [4.69, 9.17) is 0 Å². The van der Waals surface area contributed by atoms with Crippen LogP contribution in [-0.4, -0.2) is 19.6 Å². The summed E-state index contributed by atoms with van der Waals surface area (Å²) in [5.74, 6) is 0.685. The molecular weight excluding hydrogens is 256 g/mol. The van der Waals surface area contributed by atoms with Gasteiger partial charge in [0.25, 0.3) is 0 Å². The fraction of sp³-hybridized carbons (Fsp3) is 0.684. The molecule has 2 nitrogen and oxygen atoms in total. The van der Waals surface area contributed by atoms with Gasteiger partial charge in [0.15, 0.2) is 0 Å². The summed E-state index contributed by atoms with van der Waals surface area (Å²) in [7, 11) is 0. The van der Waals surface area contributed by atoms with Crippen LogP contribution < -0.4 is 10.2 Å². The van der Waals surface area contributed by atoms with Crippen LogP contribution in [0, 0.1) is 11.3 Å². The number of anilines is 1. The monoisotopic (exact) mass is 288 g/mol. The third-order valence-electron chi connectivity index (χ3n) is 4.92. The molecule has 1 atom stereocenters. The van der Waals surface area contributed by atoms with E-state index in [0.29, 0.717) is 11.3 Å². The fourth-order valence-corrected chi connectivity index (χ4v) is 2.72. The molecular formula is C19H32N2. The van der Waals surface area contributed by atoms with Crippen LogP contribution in [0.5, 0.6) is 0 Å². The number of hydrogen-bond donors (Lipinski definition) is 1. The van der Waals surface area contributed by atoms with Crippen LogP contribution in [0.25, 0.3) is 0 Å². The van der Waals surface area contributed by atoms with Gasteiger partial charge in [0.2, 0.25) is 0 Å². The van der Waals surface area contributed by atoms with Crippen molar-refractivity contribution in [3.8, 4) is 0 Å². The summed E-state index contributed by atoms with van der Waals surface area (Å²) in [6.07, 6.45) is 4.08. The molecule has 1 unspecified atom stereocenters. The van der Waals surface area contributed by atoms with Gasteiger partial charge >= 0.3 is 0 Å². The maximum Gasteiger partial charge on any atom is 0.0366 e. The van der Waals surface area contributed by atoms with Crippen molar-refractivity contribution in [1.82, 2.24) is 5.32 Å². The molecule has 1 aromatic rings. The van der Waals surface area contributed by atoms with Crippen LogP contribution in [0.15, 0.2) is 24.3 Å². The third-order valence-corrected chi connectivity index (χ3v) is 4.92. The number of piperidine rings is 1. The van der Waals surface area contributed by atoms with Gasteiger partial charge in [0.05, 0.1) is 0 Å². The molecule has 1 heterocycles. The summed E-state index contributed by atoms with van der Waals surface area (Å²) in [5.41, 5.74) is 3.16. The van der Waals surface area contributed by atoms with Crippen molar-refractivity contribution >= 4 is 5.69 Å². The Morgan fingerprint density at radius 3 is 2.24 bits per heavy atom. The first-order chi connectivity index (χ1) is 9.97. The second-order valence-electron chi connectivity index (χ2n) is 7.61. The molecule has 0 aromatic heterocycles. The molecule has 0 saturated carbocycles. The molecule has 21 heavy (non-hydrogen) atoms. The van der Waals surface area contributed by atoms with Crippen molar-refractivity contribution in [3.63, 3.8) is 0 Å². The molecule has 0 radical (unpaired) electrons. The Hall–Kier alpha value is -1.02. The quantitative estimate of drug-likeness (QED) is 0.861. The molecule has 1 aromatic carbocycles. The van der Waals surface area contributed by atoms with Crippen LogP contribution in [0.2, 0.25) is 0 Å². The van der Waals surface area contributed by atoms with Gasteiger partial charge < -0.3 is 10.2 Å². The molecule has 0 spiro atoms. The van der Waals surface area contributed by atoms with Gasteiger partial charge in [0.1, 0.15) is 0 Å². The van der Waals surface area contributed by atoms with E-state index in [1.54, 1.807) is 0 Å². The highest BCUT2D eigenvalue weighted by Crippen LogP contribution is 2.24. The standard InChI is InChI=1S/C19H32N2/c1-16(19(2,3)4)14-20-15-17-8-10-18(11-9-17)21-12-6-5-7-13-21/h8-11,16,20H,5-7,12-15H2,1-4H3. The van der Waals surface area contributed by atoms with E-state index in [0.717, 1.165) is 13.1 Å². The van der Waals surface area contributed by atoms with Crippen LogP contribution in [0.4, 0.5) is 5.69 Å². The topological polar surface area (TPSA) is 15.3 Å². The highest BCUT2D eigenvalue weighted by Gasteiger charge is 2.19. The van der Waals surface area contributed by atoms with E-state index in [2.05, 4.69) is 62.2 Å². The number of nitrogens with one attached hydrogen (secondary N) is 1. The largest absolute Gasteiger partial charge is 0.372 e. The lowest BCUT2D eigenvalue weighted by Crippen LogP contribution is -2.30. The zero-order chi connectivity index (χ0) is 15.3. The second kappa shape index (κ2) is 7.31. The van der Waals surface area contributed by atoms with Crippen molar-refractivity contribution < 1.29 is 0 Å². The SMILES string of the molecule is CC(CNCc1ccc(N2CCCCC2)cc1)C(C)(C)C. The van der Waals surface area contributed by atoms with E-state index in [9.17, 15) is 0 Å². The van der Waals surface area contributed by atoms with Crippen LogP contribution in [0.1, 0.15) is 52.5 Å². The lowest BCUT2D eigenvalue weighted by molar-refractivity contribution is 0.252. The second-order valence-corrected chi connectivity index (χ2v) is 7.61. The number of rotatable bonds is 5. The predicted octanol–water partition coefficient (Wildman–Crippen LogP) is 4.45. The molecule has 1 saturated heterocycles. The maximum atomic E-state index is 3.59. The van der Waals surface area contributed by atoms with Crippen molar-refractivity contribution in [3.05, 3.63) is 29.8 Å². The van der Waals surface area contributed by atoms with Gasteiger partial charge in [-0.05, 0) is 54.8 Å². The van der Waals surface area contributed by atoms with Crippen LogP contribution >= 0.6 is 0 Å². The first-order valence-electron chi connectivity index (χ1n) is 8.51. The minimum absolute atomic E-state index is 0.380. The zero-order valence-electron chi connectivity index (χ0n) is 14.3. The van der Waals surface area contributed by atoms with Crippen molar-refractivity contribution in [2.45, 2.75) is 53.5 Å². The molecule has 2 heteroatoms. The molecule has 1 fully saturated rings. The summed E-state index contributed by atoms with van der Waals surface area (Å²) >= 11 is 0. The predicted molar refractivity (Wildman–Crippen MR) is 92.8 cm³/mol. The molecule has 1 aliphatic heterocycles. The van der Waals surface area contributed by atoms with Crippen molar-refractivity contribution in [1.29, 1.82) is 0 Å². The van der Waals surface area contributed by atoms with E-state index in [-0.39, 0.29) is 0 Å². The zero-order valence-corrected chi connectivity index (χ0v) is 14.3. The molecule has 2 rings (SSSR count). The van der Waals surface area contributed by atoms with Gasteiger partial charge in [0, 0.05) is 25.3 Å². The average Bonchev–Trinajstić information content (AvgIpc) is 2.48. The molecule has 0 bridgehead atoms. The summed E-state index contributed by atoms with van der Waals surface area (Å²) in [5, 5.41) is 3.59. The maximum absolute atomic E-state index is 3.59. The Morgan fingerprint density at radius 1 is 1.05 bits per heavy atom. The van der Waals surface area contributed by atoms with E-state index < -0.39 is 0 Å². The summed E-state index contributed by atoms with van der Waals surface area (Å²) < 4.78 is 0. The molecule has 1 aliphatic rings. The molecule has 1 N–H and O–H groups in total. The molecule has 118 valence electrons. The van der Waals surface area contributed by atoms with Gasteiger partial charge in [-0.15, -0.1) is 0 Å². The van der Waals surface area contributed by atoms with Gasteiger partial charge in [-0.25, -0.2) is 0 Å². The lowest BCUT2D eigenvalue weighted by atomic mass is 9.82. The Balaban J connectivity index is 1.79. The Kier molecular flexibility index (Phi) is 5.69.